The van der Waals surface area contributed by atoms with E-state index in [-0.39, 0.29) is 18.2 Å². The molecule has 0 bridgehead atoms. The van der Waals surface area contributed by atoms with Gasteiger partial charge >= 0.3 is 6.03 Å². The molecule has 1 heterocycles. The van der Waals surface area contributed by atoms with Crippen LogP contribution in [-0.2, 0) is 16.0 Å². The summed E-state index contributed by atoms with van der Waals surface area (Å²) in [5, 5.41) is 3.63. The van der Waals surface area contributed by atoms with Gasteiger partial charge in [-0.3, -0.25) is 15.0 Å². The zero-order valence-electron chi connectivity index (χ0n) is 16.5. The van der Waals surface area contributed by atoms with Crippen LogP contribution < -0.4 is 20.2 Å². The lowest BCUT2D eigenvalue weighted by Gasteiger charge is -2.33. The van der Waals surface area contributed by atoms with Crippen LogP contribution in [0.1, 0.15) is 44.6 Å². The lowest BCUT2D eigenvalue weighted by molar-refractivity contribution is -0.140. The van der Waals surface area contributed by atoms with E-state index in [0.717, 1.165) is 23.4 Å². The molecule has 0 atom stereocenters. The van der Waals surface area contributed by atoms with Crippen LogP contribution >= 0.6 is 0 Å². The molecular weight excluding hydrogens is 362 g/mol. The number of hydrogen-bond acceptors (Lipinski definition) is 5. The molecule has 1 saturated heterocycles. The van der Waals surface area contributed by atoms with E-state index in [4.69, 9.17) is 9.47 Å². The second kappa shape index (κ2) is 8.08. The average molecular weight is 389 g/mol. The summed E-state index contributed by atoms with van der Waals surface area (Å²) in [5.41, 5.74) is 2.49. The third-order valence-corrected chi connectivity index (χ3v) is 5.61. The van der Waals surface area contributed by atoms with Crippen LogP contribution in [0.3, 0.4) is 0 Å². The lowest BCUT2D eigenvalue weighted by atomic mass is 9.77. The molecule has 2 aliphatic rings. The Morgan fingerprint density at radius 2 is 1.89 bits per heavy atom. The number of ether oxygens (including phenoxy) is 2. The smallest absolute Gasteiger partial charge is 0.344 e. The van der Waals surface area contributed by atoms with Crippen molar-refractivity contribution in [3.63, 3.8) is 0 Å². The van der Waals surface area contributed by atoms with Gasteiger partial charge in [0, 0.05) is 6.42 Å². The van der Waals surface area contributed by atoms with E-state index in [1.54, 1.807) is 26.4 Å². The van der Waals surface area contributed by atoms with E-state index >= 15 is 0 Å². The van der Waals surface area contributed by atoms with Crippen LogP contribution in [0.15, 0.2) is 18.2 Å². The molecule has 2 N–H and O–H groups in total. The van der Waals surface area contributed by atoms with Crippen LogP contribution in [0.4, 0.5) is 4.79 Å². The maximum absolute atomic E-state index is 12.8. The van der Waals surface area contributed by atoms with Gasteiger partial charge in [-0.05, 0) is 55.7 Å². The summed E-state index contributed by atoms with van der Waals surface area (Å²) in [6.07, 6.45) is 3.56. The first kappa shape index (κ1) is 20.0. The second-order valence-corrected chi connectivity index (χ2v) is 7.56. The van der Waals surface area contributed by atoms with Crippen molar-refractivity contribution in [1.29, 1.82) is 0 Å². The Morgan fingerprint density at radius 3 is 2.54 bits per heavy atom. The minimum atomic E-state index is -0.861. The standard InChI is InChI=1S/C20H27N3O5/c1-13-8-10-20(11-9-13)18(25)23(19(26)21-20)22-17(24)7-5-14-4-6-15(27-2)16(12-14)28-3/h4,6,12-13H,5,7-11H2,1-3H3,(H,21,26)(H,22,24). The lowest BCUT2D eigenvalue weighted by Crippen LogP contribution is -2.51. The number of urea groups is 1. The first-order valence-electron chi connectivity index (χ1n) is 9.55. The molecule has 3 rings (SSSR count). The van der Waals surface area contributed by atoms with Crippen molar-refractivity contribution in [2.45, 2.75) is 51.0 Å². The first-order valence-corrected chi connectivity index (χ1v) is 9.55. The summed E-state index contributed by atoms with van der Waals surface area (Å²) >= 11 is 0. The molecule has 28 heavy (non-hydrogen) atoms. The molecule has 152 valence electrons. The Labute approximate surface area is 164 Å². The Kier molecular flexibility index (Phi) is 5.76. The van der Waals surface area contributed by atoms with Crippen molar-refractivity contribution >= 4 is 17.8 Å². The highest BCUT2D eigenvalue weighted by Gasteiger charge is 2.52. The second-order valence-electron chi connectivity index (χ2n) is 7.56. The molecule has 1 aliphatic heterocycles. The van der Waals surface area contributed by atoms with Gasteiger partial charge in [0.15, 0.2) is 11.5 Å². The van der Waals surface area contributed by atoms with Gasteiger partial charge in [-0.25, -0.2) is 4.79 Å². The SMILES string of the molecule is COc1ccc(CCC(=O)NN2C(=O)NC3(CCC(C)CC3)C2=O)cc1OC. The highest BCUT2D eigenvalue weighted by atomic mass is 16.5. The summed E-state index contributed by atoms with van der Waals surface area (Å²) in [7, 11) is 3.11. The zero-order valence-corrected chi connectivity index (χ0v) is 16.5. The number of aryl methyl sites for hydroxylation is 1. The topological polar surface area (TPSA) is 97.0 Å². The van der Waals surface area contributed by atoms with Crippen molar-refractivity contribution < 1.29 is 23.9 Å². The van der Waals surface area contributed by atoms with Crippen molar-refractivity contribution in [2.24, 2.45) is 5.92 Å². The fourth-order valence-corrected chi connectivity index (χ4v) is 3.79. The molecule has 4 amide bonds. The summed E-state index contributed by atoms with van der Waals surface area (Å²) in [6, 6.07) is 4.87. The number of carbonyl (C=O) groups excluding carboxylic acids is 3. The molecule has 1 aromatic rings. The number of nitrogens with zero attached hydrogens (tertiary/aromatic N) is 1. The number of carbonyl (C=O) groups is 3. The largest absolute Gasteiger partial charge is 0.493 e. The minimum Gasteiger partial charge on any atom is -0.493 e. The van der Waals surface area contributed by atoms with Gasteiger partial charge in [0.05, 0.1) is 14.2 Å². The Balaban J connectivity index is 1.58. The number of imide groups is 1. The Bertz CT molecular complexity index is 771. The third-order valence-electron chi connectivity index (χ3n) is 5.61. The zero-order chi connectivity index (χ0) is 20.3. The molecule has 0 radical (unpaired) electrons. The maximum atomic E-state index is 12.8. The van der Waals surface area contributed by atoms with Crippen molar-refractivity contribution in [2.75, 3.05) is 14.2 Å². The van der Waals surface area contributed by atoms with E-state index in [1.165, 1.54) is 0 Å². The number of nitrogens with one attached hydrogen (secondary N) is 2. The van der Waals surface area contributed by atoms with Crippen molar-refractivity contribution in [3.05, 3.63) is 23.8 Å². The molecule has 8 heteroatoms. The summed E-state index contributed by atoms with van der Waals surface area (Å²) in [6.45, 7) is 2.14. The van der Waals surface area contributed by atoms with Gasteiger partial charge in [0.2, 0.25) is 5.91 Å². The molecule has 0 unspecified atom stereocenters. The van der Waals surface area contributed by atoms with Crippen molar-refractivity contribution in [1.82, 2.24) is 15.8 Å². The molecular formula is C20H27N3O5. The number of methoxy groups -OCH3 is 2. The van der Waals surface area contributed by atoms with Crippen LogP contribution in [-0.4, -0.2) is 42.6 Å². The quantitative estimate of drug-likeness (QED) is 0.727. The van der Waals surface area contributed by atoms with Gasteiger partial charge < -0.3 is 14.8 Å². The van der Waals surface area contributed by atoms with Crippen LogP contribution in [0.5, 0.6) is 11.5 Å². The van der Waals surface area contributed by atoms with E-state index in [9.17, 15) is 14.4 Å². The molecule has 8 nitrogen and oxygen atoms in total. The molecule has 1 aromatic carbocycles. The fourth-order valence-electron chi connectivity index (χ4n) is 3.79. The molecule has 2 fully saturated rings. The van der Waals surface area contributed by atoms with Gasteiger partial charge in [0.25, 0.3) is 5.91 Å². The van der Waals surface area contributed by atoms with Gasteiger partial charge in [0.1, 0.15) is 5.54 Å². The number of amides is 4. The predicted octanol–water partition coefficient (Wildman–Crippen LogP) is 2.17. The van der Waals surface area contributed by atoms with Gasteiger partial charge in [-0.15, -0.1) is 0 Å². The van der Waals surface area contributed by atoms with Gasteiger partial charge in [-0.1, -0.05) is 13.0 Å². The first-order chi connectivity index (χ1) is 13.4. The van der Waals surface area contributed by atoms with Crippen molar-refractivity contribution in [3.8, 4) is 11.5 Å². The van der Waals surface area contributed by atoms with E-state index in [1.807, 2.05) is 6.07 Å². The van der Waals surface area contributed by atoms with E-state index in [0.29, 0.717) is 36.7 Å². The predicted molar refractivity (Wildman–Crippen MR) is 102 cm³/mol. The Hall–Kier alpha value is -2.77. The molecule has 1 spiro atoms. The summed E-state index contributed by atoms with van der Waals surface area (Å²) < 4.78 is 10.5. The Morgan fingerprint density at radius 1 is 1.21 bits per heavy atom. The number of hydrogen-bond donors (Lipinski definition) is 2. The normalized spacial score (nSPS) is 24.2. The fraction of sp³-hybridized carbons (Fsp3) is 0.550. The summed E-state index contributed by atoms with van der Waals surface area (Å²) in [4.78, 5) is 37.3. The third kappa shape index (κ3) is 3.90. The molecule has 0 aromatic heterocycles. The molecule has 1 aliphatic carbocycles. The number of hydrazine groups is 1. The monoisotopic (exact) mass is 389 g/mol. The van der Waals surface area contributed by atoms with E-state index in [2.05, 4.69) is 17.7 Å². The summed E-state index contributed by atoms with van der Waals surface area (Å²) in [5.74, 6) is 0.994. The van der Waals surface area contributed by atoms with Gasteiger partial charge in [-0.2, -0.15) is 5.01 Å². The number of benzene rings is 1. The average Bonchev–Trinajstić information content (AvgIpc) is 2.92. The maximum Gasteiger partial charge on any atom is 0.344 e. The number of rotatable bonds is 6. The van der Waals surface area contributed by atoms with E-state index < -0.39 is 11.6 Å². The van der Waals surface area contributed by atoms with Crippen LogP contribution in [0.25, 0.3) is 0 Å². The van der Waals surface area contributed by atoms with Crippen LogP contribution in [0.2, 0.25) is 0 Å². The highest BCUT2D eigenvalue weighted by Crippen LogP contribution is 2.35. The molecule has 1 saturated carbocycles. The highest BCUT2D eigenvalue weighted by molar-refractivity contribution is 6.08. The van der Waals surface area contributed by atoms with Crippen LogP contribution in [0, 0.1) is 5.92 Å². The minimum absolute atomic E-state index is 0.135.